The fourth-order valence-electron chi connectivity index (χ4n) is 2.06. The van der Waals surface area contributed by atoms with Crippen LogP contribution in [0.1, 0.15) is 16.7 Å². The average molecular weight is 340 g/mol. The van der Waals surface area contributed by atoms with Gasteiger partial charge >= 0.3 is 0 Å². The molecule has 0 bridgehead atoms. The third kappa shape index (κ3) is 5.52. The van der Waals surface area contributed by atoms with E-state index in [9.17, 15) is 4.79 Å². The molecule has 0 radical (unpaired) electrons. The lowest BCUT2D eigenvalue weighted by Gasteiger charge is -2.08. The Labute approximate surface area is 147 Å². The van der Waals surface area contributed by atoms with E-state index >= 15 is 0 Å². The maximum Gasteiger partial charge on any atom is 0.250 e. The lowest BCUT2D eigenvalue weighted by molar-refractivity contribution is -0.115. The van der Waals surface area contributed by atoms with Crippen LogP contribution in [0.3, 0.4) is 0 Å². The molecule has 2 rings (SSSR count). The number of rotatable bonds is 5. The summed E-state index contributed by atoms with van der Waals surface area (Å²) in [5.74, 6) is 0.420. The molecule has 124 valence electrons. The number of amides is 1. The number of carbonyl (C=O) groups excluding carboxylic acids is 1. The Kier molecular flexibility index (Phi) is 6.51. The van der Waals surface area contributed by atoms with E-state index in [1.807, 2.05) is 55.5 Å². The summed E-state index contributed by atoms with van der Waals surface area (Å²) >= 11 is 5.13. The molecule has 0 aliphatic heterocycles. The highest BCUT2D eigenvalue weighted by Crippen LogP contribution is 2.18. The minimum atomic E-state index is -0.290. The summed E-state index contributed by atoms with van der Waals surface area (Å²) in [5.41, 5.74) is 3.13. The summed E-state index contributed by atoms with van der Waals surface area (Å²) in [5, 5.41) is 5.93. The van der Waals surface area contributed by atoms with Gasteiger partial charge in [-0.2, -0.15) is 0 Å². The van der Waals surface area contributed by atoms with Gasteiger partial charge in [-0.25, -0.2) is 0 Å². The molecule has 0 unspecified atom stereocenters. The van der Waals surface area contributed by atoms with Gasteiger partial charge in [0.15, 0.2) is 5.11 Å². The van der Waals surface area contributed by atoms with E-state index in [1.165, 1.54) is 11.6 Å². The highest BCUT2D eigenvalue weighted by molar-refractivity contribution is 7.80. The largest absolute Gasteiger partial charge is 0.496 e. The SMILES string of the molecule is COc1ccccc1/C=C/C(=O)NC(=S)NCc1ccc(C)cc1. The van der Waals surface area contributed by atoms with Crippen LogP contribution in [0.5, 0.6) is 5.75 Å². The Morgan fingerprint density at radius 2 is 1.88 bits per heavy atom. The number of nitrogens with one attached hydrogen (secondary N) is 2. The van der Waals surface area contributed by atoms with Crippen molar-refractivity contribution in [2.24, 2.45) is 0 Å². The molecule has 0 fully saturated rings. The molecule has 2 aromatic rings. The standard InChI is InChI=1S/C19H20N2O2S/c1-14-7-9-15(10-8-14)13-20-19(24)21-18(22)12-11-16-5-3-4-6-17(16)23-2/h3-12H,13H2,1-2H3,(H2,20,21,22,24)/b12-11+. The molecule has 0 saturated heterocycles. The topological polar surface area (TPSA) is 50.4 Å². The number of methoxy groups -OCH3 is 1. The highest BCUT2D eigenvalue weighted by Gasteiger charge is 2.02. The van der Waals surface area contributed by atoms with Gasteiger partial charge in [-0.1, -0.05) is 48.0 Å². The highest BCUT2D eigenvalue weighted by atomic mass is 32.1. The normalized spacial score (nSPS) is 10.4. The van der Waals surface area contributed by atoms with E-state index in [2.05, 4.69) is 10.6 Å². The van der Waals surface area contributed by atoms with Gasteiger partial charge in [0.25, 0.3) is 0 Å². The van der Waals surface area contributed by atoms with E-state index in [0.29, 0.717) is 17.4 Å². The van der Waals surface area contributed by atoms with Gasteiger partial charge in [0.2, 0.25) is 5.91 Å². The van der Waals surface area contributed by atoms with Crippen molar-refractivity contribution < 1.29 is 9.53 Å². The van der Waals surface area contributed by atoms with Gasteiger partial charge in [-0.15, -0.1) is 0 Å². The molecule has 0 heterocycles. The number of ether oxygens (including phenoxy) is 1. The van der Waals surface area contributed by atoms with Crippen LogP contribution in [0, 0.1) is 6.92 Å². The minimum Gasteiger partial charge on any atom is -0.496 e. The van der Waals surface area contributed by atoms with Crippen LogP contribution in [-0.2, 0) is 11.3 Å². The smallest absolute Gasteiger partial charge is 0.250 e. The van der Waals surface area contributed by atoms with Gasteiger partial charge in [-0.3, -0.25) is 10.1 Å². The van der Waals surface area contributed by atoms with Crippen LogP contribution in [0.2, 0.25) is 0 Å². The summed E-state index contributed by atoms with van der Waals surface area (Å²) in [6, 6.07) is 15.6. The van der Waals surface area contributed by atoms with Crippen molar-refractivity contribution in [3.8, 4) is 5.75 Å². The average Bonchev–Trinajstić information content (AvgIpc) is 2.59. The fourth-order valence-corrected chi connectivity index (χ4v) is 2.23. The lowest BCUT2D eigenvalue weighted by atomic mass is 10.1. The lowest BCUT2D eigenvalue weighted by Crippen LogP contribution is -2.37. The molecule has 24 heavy (non-hydrogen) atoms. The molecule has 0 aliphatic rings. The molecule has 0 spiro atoms. The Morgan fingerprint density at radius 1 is 1.17 bits per heavy atom. The predicted octanol–water partition coefficient (Wildman–Crippen LogP) is 3.21. The van der Waals surface area contributed by atoms with Crippen molar-refractivity contribution in [3.05, 3.63) is 71.3 Å². The Morgan fingerprint density at radius 3 is 2.58 bits per heavy atom. The van der Waals surface area contributed by atoms with Crippen molar-refractivity contribution in [1.82, 2.24) is 10.6 Å². The van der Waals surface area contributed by atoms with Crippen LogP contribution in [-0.4, -0.2) is 18.1 Å². The Bertz CT molecular complexity index is 739. The van der Waals surface area contributed by atoms with Crippen molar-refractivity contribution in [3.63, 3.8) is 0 Å². The minimum absolute atomic E-state index is 0.290. The van der Waals surface area contributed by atoms with E-state index in [1.54, 1.807) is 13.2 Å². The van der Waals surface area contributed by atoms with Crippen LogP contribution < -0.4 is 15.4 Å². The second-order valence-electron chi connectivity index (χ2n) is 5.23. The number of hydrogen-bond donors (Lipinski definition) is 2. The quantitative estimate of drug-likeness (QED) is 0.648. The van der Waals surface area contributed by atoms with E-state index in [0.717, 1.165) is 11.1 Å². The number of aryl methyl sites for hydroxylation is 1. The summed E-state index contributed by atoms with van der Waals surface area (Å²) in [7, 11) is 1.59. The van der Waals surface area contributed by atoms with Crippen LogP contribution >= 0.6 is 12.2 Å². The molecule has 1 amide bonds. The molecule has 2 aromatic carbocycles. The first-order chi connectivity index (χ1) is 11.6. The van der Waals surface area contributed by atoms with Gasteiger partial charge in [0.05, 0.1) is 7.11 Å². The van der Waals surface area contributed by atoms with E-state index < -0.39 is 0 Å². The molecule has 5 heteroatoms. The molecule has 4 nitrogen and oxygen atoms in total. The molecule has 0 saturated carbocycles. The first-order valence-corrected chi connectivity index (χ1v) is 7.95. The van der Waals surface area contributed by atoms with Gasteiger partial charge in [0, 0.05) is 18.2 Å². The molecule has 0 aromatic heterocycles. The summed E-state index contributed by atoms with van der Waals surface area (Å²) in [4.78, 5) is 11.9. The second kappa shape index (κ2) is 8.84. The van der Waals surface area contributed by atoms with E-state index in [4.69, 9.17) is 17.0 Å². The Hall–Kier alpha value is -2.66. The van der Waals surface area contributed by atoms with Crippen LogP contribution in [0.4, 0.5) is 0 Å². The number of para-hydroxylation sites is 1. The first-order valence-electron chi connectivity index (χ1n) is 7.54. The monoisotopic (exact) mass is 340 g/mol. The number of hydrogen-bond acceptors (Lipinski definition) is 3. The van der Waals surface area contributed by atoms with Crippen molar-refractivity contribution >= 4 is 29.3 Å². The zero-order valence-electron chi connectivity index (χ0n) is 13.7. The van der Waals surface area contributed by atoms with E-state index in [-0.39, 0.29) is 5.91 Å². The number of carbonyl (C=O) groups is 1. The zero-order valence-corrected chi connectivity index (χ0v) is 14.5. The summed E-state index contributed by atoms with van der Waals surface area (Å²) < 4.78 is 5.23. The third-order valence-electron chi connectivity index (χ3n) is 3.36. The number of benzene rings is 2. The second-order valence-corrected chi connectivity index (χ2v) is 5.64. The van der Waals surface area contributed by atoms with Gasteiger partial charge in [-0.05, 0) is 36.8 Å². The van der Waals surface area contributed by atoms with Gasteiger partial charge < -0.3 is 10.1 Å². The number of thiocarbonyl (C=S) groups is 1. The maximum atomic E-state index is 11.9. The summed E-state index contributed by atoms with van der Waals surface area (Å²) in [6.45, 7) is 2.60. The van der Waals surface area contributed by atoms with Gasteiger partial charge in [0.1, 0.15) is 5.75 Å². The third-order valence-corrected chi connectivity index (χ3v) is 3.61. The molecule has 2 N–H and O–H groups in total. The molecular weight excluding hydrogens is 320 g/mol. The summed E-state index contributed by atoms with van der Waals surface area (Å²) in [6.07, 6.45) is 3.12. The maximum absolute atomic E-state index is 11.9. The zero-order chi connectivity index (χ0) is 17.4. The molecular formula is C19H20N2O2S. The Balaban J connectivity index is 1.84. The van der Waals surface area contributed by atoms with Crippen LogP contribution in [0.25, 0.3) is 6.08 Å². The predicted molar refractivity (Wildman–Crippen MR) is 101 cm³/mol. The molecule has 0 aliphatic carbocycles. The van der Waals surface area contributed by atoms with Crippen molar-refractivity contribution in [2.75, 3.05) is 7.11 Å². The van der Waals surface area contributed by atoms with Crippen molar-refractivity contribution in [1.29, 1.82) is 0 Å². The molecule has 0 atom stereocenters. The first kappa shape index (κ1) is 17.7. The van der Waals surface area contributed by atoms with Crippen molar-refractivity contribution in [2.45, 2.75) is 13.5 Å². The fraction of sp³-hybridized carbons (Fsp3) is 0.158. The van der Waals surface area contributed by atoms with Crippen LogP contribution in [0.15, 0.2) is 54.6 Å².